The van der Waals surface area contributed by atoms with Crippen molar-refractivity contribution in [3.63, 3.8) is 0 Å². The van der Waals surface area contributed by atoms with Crippen LogP contribution in [0.4, 0.5) is 13.2 Å². The summed E-state index contributed by atoms with van der Waals surface area (Å²) in [5, 5.41) is 20.9. The molecule has 3 N–H and O–H groups in total. The molecule has 0 aliphatic carbocycles. The van der Waals surface area contributed by atoms with Crippen molar-refractivity contribution in [2.24, 2.45) is 0 Å². The number of carbonyl (C=O) groups is 3. The summed E-state index contributed by atoms with van der Waals surface area (Å²) in [6.07, 6.45) is 0.486. The summed E-state index contributed by atoms with van der Waals surface area (Å²) in [5.74, 6) is -2.40. The van der Waals surface area contributed by atoms with Crippen LogP contribution in [0.1, 0.15) is 52.7 Å². The topological polar surface area (TPSA) is 131 Å². The monoisotopic (exact) mass is 691 g/mol. The fourth-order valence-corrected chi connectivity index (χ4v) is 5.16. The maximum Gasteiger partial charge on any atom is 0.387 e. The van der Waals surface area contributed by atoms with Gasteiger partial charge in [0.1, 0.15) is 23.1 Å². The molecule has 0 heterocycles. The van der Waals surface area contributed by atoms with Crippen LogP contribution in [0.2, 0.25) is 0 Å². The molecule has 0 saturated heterocycles. The number of para-hydroxylation sites is 1. The van der Waals surface area contributed by atoms with E-state index in [4.69, 9.17) is 14.6 Å². The first-order chi connectivity index (χ1) is 24.0. The summed E-state index contributed by atoms with van der Waals surface area (Å²) in [7, 11) is 0. The summed E-state index contributed by atoms with van der Waals surface area (Å²) < 4.78 is 57.0. The van der Waals surface area contributed by atoms with Crippen molar-refractivity contribution in [1.29, 1.82) is 0 Å². The van der Waals surface area contributed by atoms with Gasteiger partial charge in [-0.2, -0.15) is 8.78 Å². The van der Waals surface area contributed by atoms with Crippen molar-refractivity contribution in [3.05, 3.63) is 120 Å². The van der Waals surface area contributed by atoms with Gasteiger partial charge < -0.3 is 29.7 Å². The molecule has 262 valence electrons. The fourth-order valence-electron chi connectivity index (χ4n) is 5.16. The maximum atomic E-state index is 14.8. The van der Waals surface area contributed by atoms with E-state index in [1.807, 2.05) is 0 Å². The van der Waals surface area contributed by atoms with E-state index in [-0.39, 0.29) is 74.5 Å². The molecule has 1 amide bonds. The normalized spacial score (nSPS) is 10.8. The van der Waals surface area contributed by atoms with Gasteiger partial charge in [0.2, 0.25) is 0 Å². The van der Waals surface area contributed by atoms with Crippen LogP contribution < -0.4 is 19.5 Å². The average Bonchev–Trinajstić information content (AvgIpc) is 3.08. The highest BCUT2D eigenvalue weighted by atomic mass is 19.3. The zero-order chi connectivity index (χ0) is 36.0. The van der Waals surface area contributed by atoms with Gasteiger partial charge in [0.15, 0.2) is 0 Å². The molecule has 0 radical (unpaired) electrons. The molecule has 4 aromatic rings. The minimum Gasteiger partial charge on any atom is -0.493 e. The second-order valence-corrected chi connectivity index (χ2v) is 11.1. The van der Waals surface area contributed by atoms with Crippen molar-refractivity contribution < 1.29 is 52.0 Å². The highest BCUT2D eigenvalue weighted by Gasteiger charge is 2.17. The SMILES string of the molecule is C=C(CCOc1cc(C(=O)NCc2ccccc2OC(F)F)cc(-c2ccccc2F)c1)c1cccc(OCCCC(=O)O)c1CCC(=O)O. The van der Waals surface area contributed by atoms with Gasteiger partial charge in [0, 0.05) is 48.1 Å². The third kappa shape index (κ3) is 10.9. The van der Waals surface area contributed by atoms with Gasteiger partial charge >= 0.3 is 18.6 Å². The van der Waals surface area contributed by atoms with E-state index in [9.17, 15) is 32.7 Å². The molecule has 0 bridgehead atoms. The van der Waals surface area contributed by atoms with Crippen molar-refractivity contribution in [3.8, 4) is 28.4 Å². The predicted molar refractivity (Wildman–Crippen MR) is 180 cm³/mol. The molecule has 50 heavy (non-hydrogen) atoms. The van der Waals surface area contributed by atoms with E-state index in [1.54, 1.807) is 48.5 Å². The van der Waals surface area contributed by atoms with Crippen molar-refractivity contribution in [2.75, 3.05) is 13.2 Å². The van der Waals surface area contributed by atoms with Crippen LogP contribution in [-0.2, 0) is 22.6 Å². The van der Waals surface area contributed by atoms with E-state index in [0.717, 1.165) is 0 Å². The van der Waals surface area contributed by atoms with Crippen LogP contribution in [0.15, 0.2) is 91.5 Å². The van der Waals surface area contributed by atoms with Crippen LogP contribution in [0.5, 0.6) is 17.2 Å². The van der Waals surface area contributed by atoms with Gasteiger partial charge in [-0.1, -0.05) is 55.1 Å². The molecule has 0 aromatic heterocycles. The summed E-state index contributed by atoms with van der Waals surface area (Å²) >= 11 is 0. The molecule has 0 fully saturated rings. The molecule has 0 aliphatic heterocycles. The van der Waals surface area contributed by atoms with Crippen LogP contribution in [0.3, 0.4) is 0 Å². The first-order valence-corrected chi connectivity index (χ1v) is 15.7. The summed E-state index contributed by atoms with van der Waals surface area (Å²) in [6.45, 7) is 1.24. The number of hydrogen-bond donors (Lipinski definition) is 3. The third-order valence-electron chi connectivity index (χ3n) is 7.55. The second kappa shape index (κ2) is 18.1. The minimum absolute atomic E-state index is 0.0695. The first kappa shape index (κ1) is 37.0. The number of alkyl halides is 2. The molecule has 4 aromatic carbocycles. The van der Waals surface area contributed by atoms with Gasteiger partial charge in [0.05, 0.1) is 13.2 Å². The van der Waals surface area contributed by atoms with Crippen molar-refractivity contribution in [2.45, 2.75) is 45.3 Å². The molecule has 12 heteroatoms. The number of carboxylic acids is 2. The number of carboxylic acid groups (broad SMARTS) is 2. The van der Waals surface area contributed by atoms with Gasteiger partial charge in [-0.05, 0) is 65.9 Å². The quantitative estimate of drug-likeness (QED) is 0.0851. The van der Waals surface area contributed by atoms with E-state index in [2.05, 4.69) is 16.6 Å². The number of benzene rings is 4. The summed E-state index contributed by atoms with van der Waals surface area (Å²) in [6, 6.07) is 21.9. The van der Waals surface area contributed by atoms with Crippen LogP contribution >= 0.6 is 0 Å². The molecular formula is C38H36F3NO8. The lowest BCUT2D eigenvalue weighted by Gasteiger charge is -2.17. The number of ether oxygens (including phenoxy) is 3. The van der Waals surface area contributed by atoms with Gasteiger partial charge in [-0.25, -0.2) is 4.39 Å². The minimum atomic E-state index is -3.04. The van der Waals surface area contributed by atoms with Gasteiger partial charge in [-0.15, -0.1) is 0 Å². The Bertz CT molecular complexity index is 1830. The molecular weight excluding hydrogens is 655 g/mol. The lowest BCUT2D eigenvalue weighted by molar-refractivity contribution is -0.138. The highest BCUT2D eigenvalue weighted by Crippen LogP contribution is 2.32. The molecule has 0 spiro atoms. The molecule has 4 rings (SSSR count). The second-order valence-electron chi connectivity index (χ2n) is 11.1. The van der Waals surface area contributed by atoms with Crippen molar-refractivity contribution in [1.82, 2.24) is 5.32 Å². The number of rotatable bonds is 19. The lowest BCUT2D eigenvalue weighted by Crippen LogP contribution is -2.23. The molecule has 9 nitrogen and oxygen atoms in total. The maximum absolute atomic E-state index is 14.8. The first-order valence-electron chi connectivity index (χ1n) is 15.7. The summed E-state index contributed by atoms with van der Waals surface area (Å²) in [5.41, 5.74) is 2.98. The molecule has 0 saturated carbocycles. The van der Waals surface area contributed by atoms with Gasteiger partial charge in [0.25, 0.3) is 5.91 Å². The van der Waals surface area contributed by atoms with Crippen LogP contribution in [-0.4, -0.2) is 47.9 Å². The average molecular weight is 692 g/mol. The molecule has 0 aliphatic rings. The Kier molecular flexibility index (Phi) is 13.4. The summed E-state index contributed by atoms with van der Waals surface area (Å²) in [4.78, 5) is 35.6. The highest BCUT2D eigenvalue weighted by molar-refractivity contribution is 5.96. The van der Waals surface area contributed by atoms with Crippen LogP contribution in [0, 0.1) is 5.82 Å². The number of amides is 1. The fraction of sp³-hybridized carbons (Fsp3) is 0.237. The van der Waals surface area contributed by atoms with E-state index in [0.29, 0.717) is 33.6 Å². The standard InChI is InChI=1S/C38H36F3NO8/c1-24(29-10-6-13-34(31(29)15-16-36(45)46)49-18-7-14-35(43)44)17-19-48-28-21-26(30-9-3-4-11-32(30)39)20-27(22-28)37(47)42-23-25-8-2-5-12-33(25)50-38(40)41/h2-6,8-13,20-22,38H,1,7,14-19,23H2,(H,42,47)(H,43,44)(H,45,46). The number of carbonyl (C=O) groups excluding carboxylic acids is 1. The van der Waals surface area contributed by atoms with E-state index in [1.165, 1.54) is 36.4 Å². The zero-order valence-corrected chi connectivity index (χ0v) is 27.0. The van der Waals surface area contributed by atoms with E-state index >= 15 is 0 Å². The Morgan fingerprint density at radius 3 is 2.26 bits per heavy atom. The van der Waals surface area contributed by atoms with Crippen LogP contribution in [0.25, 0.3) is 16.7 Å². The Balaban J connectivity index is 1.52. The number of halogens is 3. The molecule has 0 unspecified atom stereocenters. The van der Waals surface area contributed by atoms with Crippen molar-refractivity contribution >= 4 is 23.4 Å². The Morgan fingerprint density at radius 1 is 0.800 bits per heavy atom. The largest absolute Gasteiger partial charge is 0.493 e. The Morgan fingerprint density at radius 2 is 1.52 bits per heavy atom. The number of aliphatic carboxylic acids is 2. The smallest absolute Gasteiger partial charge is 0.387 e. The predicted octanol–water partition coefficient (Wildman–Crippen LogP) is 7.77. The third-order valence-corrected chi connectivity index (χ3v) is 7.55. The zero-order valence-electron chi connectivity index (χ0n) is 27.0. The molecule has 0 atom stereocenters. The Hall–Kier alpha value is -5.78. The Labute approximate surface area is 286 Å². The van der Waals surface area contributed by atoms with Gasteiger partial charge in [-0.3, -0.25) is 14.4 Å². The van der Waals surface area contributed by atoms with E-state index < -0.39 is 30.3 Å². The lowest BCUT2D eigenvalue weighted by atomic mass is 9.95. The number of nitrogens with one attached hydrogen (secondary N) is 1. The number of hydrogen-bond acceptors (Lipinski definition) is 6.